The molecule has 1 N–H and O–H groups in total. The molecule has 1 fully saturated rings. The number of ether oxygens (including phenoxy) is 1. The first-order valence-corrected chi connectivity index (χ1v) is 6.94. The summed E-state index contributed by atoms with van der Waals surface area (Å²) in [5, 5.41) is 3.41. The summed E-state index contributed by atoms with van der Waals surface area (Å²) in [4.78, 5) is 2.53. The number of hydrogen-bond donors (Lipinski definition) is 1. The molecule has 1 aromatic rings. The van der Waals surface area contributed by atoms with Crippen molar-refractivity contribution in [1.82, 2.24) is 10.2 Å². The predicted molar refractivity (Wildman–Crippen MR) is 79.6 cm³/mol. The van der Waals surface area contributed by atoms with Crippen molar-refractivity contribution in [2.75, 3.05) is 33.3 Å². The Balaban J connectivity index is 2.27. The Hall–Kier alpha value is -1.32. The van der Waals surface area contributed by atoms with E-state index in [0.29, 0.717) is 6.04 Å². The van der Waals surface area contributed by atoms with Crippen LogP contribution in [0.25, 0.3) is 0 Å². The Bertz CT molecular complexity index is 425. The molecule has 104 valence electrons. The van der Waals surface area contributed by atoms with Gasteiger partial charge >= 0.3 is 0 Å². The van der Waals surface area contributed by atoms with Crippen molar-refractivity contribution in [3.63, 3.8) is 0 Å². The lowest BCUT2D eigenvalue weighted by Crippen LogP contribution is -2.45. The van der Waals surface area contributed by atoms with Crippen molar-refractivity contribution in [3.05, 3.63) is 42.0 Å². The van der Waals surface area contributed by atoms with E-state index in [9.17, 15) is 0 Å². The van der Waals surface area contributed by atoms with Gasteiger partial charge in [0.2, 0.25) is 0 Å². The highest BCUT2D eigenvalue weighted by Crippen LogP contribution is 2.33. The summed E-state index contributed by atoms with van der Waals surface area (Å²) >= 11 is 0. The van der Waals surface area contributed by atoms with Gasteiger partial charge in [0.1, 0.15) is 5.75 Å². The smallest absolute Gasteiger partial charge is 0.123 e. The Kier molecular flexibility index (Phi) is 5.00. The molecule has 1 aliphatic rings. The number of piperazine rings is 1. The first kappa shape index (κ1) is 14.1. The van der Waals surface area contributed by atoms with Crippen molar-refractivity contribution in [2.45, 2.75) is 19.4 Å². The minimum Gasteiger partial charge on any atom is -0.496 e. The fraction of sp³-hybridized carbons (Fsp3) is 0.500. The van der Waals surface area contributed by atoms with E-state index in [0.717, 1.165) is 38.3 Å². The largest absolute Gasteiger partial charge is 0.496 e. The van der Waals surface area contributed by atoms with Gasteiger partial charge in [-0.1, -0.05) is 23.8 Å². The minimum absolute atomic E-state index is 0.371. The fourth-order valence-corrected chi connectivity index (χ4v) is 2.70. The van der Waals surface area contributed by atoms with Gasteiger partial charge in [-0.25, -0.2) is 0 Å². The van der Waals surface area contributed by atoms with Crippen LogP contribution in [0.2, 0.25) is 0 Å². The van der Waals surface area contributed by atoms with Gasteiger partial charge in [0, 0.05) is 37.8 Å². The quantitative estimate of drug-likeness (QED) is 0.824. The number of hydrogen-bond acceptors (Lipinski definition) is 3. The molecule has 0 aliphatic carbocycles. The Labute approximate surface area is 116 Å². The number of methoxy groups -OCH3 is 1. The number of rotatable bonds is 5. The van der Waals surface area contributed by atoms with Crippen LogP contribution in [0.4, 0.5) is 0 Å². The van der Waals surface area contributed by atoms with Gasteiger partial charge in [0.15, 0.2) is 0 Å². The summed E-state index contributed by atoms with van der Waals surface area (Å²) in [7, 11) is 1.74. The molecule has 0 aromatic heterocycles. The van der Waals surface area contributed by atoms with Crippen molar-refractivity contribution >= 4 is 0 Å². The molecule has 3 nitrogen and oxygen atoms in total. The maximum Gasteiger partial charge on any atom is 0.123 e. The van der Waals surface area contributed by atoms with Crippen LogP contribution in [0.5, 0.6) is 5.75 Å². The fourth-order valence-electron chi connectivity index (χ4n) is 2.70. The highest BCUT2D eigenvalue weighted by Gasteiger charge is 2.24. The van der Waals surface area contributed by atoms with Gasteiger partial charge in [-0.3, -0.25) is 4.90 Å². The molecule has 1 saturated heterocycles. The third kappa shape index (κ3) is 3.58. The summed E-state index contributed by atoms with van der Waals surface area (Å²) in [6.45, 7) is 10.5. The molecule has 0 radical (unpaired) electrons. The molecule has 2 rings (SSSR count). The molecule has 1 heterocycles. The summed E-state index contributed by atoms with van der Waals surface area (Å²) in [5.74, 6) is 0.979. The summed E-state index contributed by atoms with van der Waals surface area (Å²) < 4.78 is 5.53. The third-order valence-electron chi connectivity index (χ3n) is 3.63. The number of benzene rings is 1. The van der Waals surface area contributed by atoms with E-state index in [4.69, 9.17) is 4.74 Å². The molecule has 3 heteroatoms. The second kappa shape index (κ2) is 6.73. The van der Waals surface area contributed by atoms with Gasteiger partial charge in [0.05, 0.1) is 7.11 Å². The van der Waals surface area contributed by atoms with Gasteiger partial charge in [-0.2, -0.15) is 0 Å². The van der Waals surface area contributed by atoms with Gasteiger partial charge < -0.3 is 10.1 Å². The van der Waals surface area contributed by atoms with Crippen LogP contribution in [0.1, 0.15) is 24.9 Å². The normalized spacial score (nSPS) is 18.0. The minimum atomic E-state index is 0.371. The van der Waals surface area contributed by atoms with Crippen LogP contribution >= 0.6 is 0 Å². The molecule has 0 bridgehead atoms. The van der Waals surface area contributed by atoms with Crippen LogP contribution in [-0.2, 0) is 0 Å². The van der Waals surface area contributed by atoms with Crippen LogP contribution < -0.4 is 10.1 Å². The highest BCUT2D eigenvalue weighted by atomic mass is 16.5. The molecule has 1 atom stereocenters. The maximum absolute atomic E-state index is 5.53. The second-order valence-corrected chi connectivity index (χ2v) is 5.20. The van der Waals surface area contributed by atoms with Crippen LogP contribution in [0, 0.1) is 0 Å². The zero-order valence-electron chi connectivity index (χ0n) is 12.0. The first-order chi connectivity index (χ1) is 9.22. The van der Waals surface area contributed by atoms with E-state index in [1.165, 1.54) is 11.1 Å². The average molecular weight is 260 g/mol. The number of nitrogens with one attached hydrogen (secondary N) is 1. The standard InChI is InChI=1S/C16H24N2O/c1-13(2)12-15(18-10-8-17-9-11-18)14-6-4-5-7-16(14)19-3/h4-7,15,17H,1,8-12H2,2-3H3/t15-/m0/s1. The Morgan fingerprint density at radius 1 is 1.37 bits per heavy atom. The molecule has 1 aliphatic heterocycles. The first-order valence-electron chi connectivity index (χ1n) is 6.94. The number of para-hydroxylation sites is 1. The number of nitrogens with zero attached hydrogens (tertiary/aromatic N) is 1. The Morgan fingerprint density at radius 2 is 2.05 bits per heavy atom. The highest BCUT2D eigenvalue weighted by molar-refractivity contribution is 5.36. The molecule has 0 unspecified atom stereocenters. The Morgan fingerprint density at radius 3 is 2.68 bits per heavy atom. The lowest BCUT2D eigenvalue weighted by atomic mass is 9.97. The van der Waals surface area contributed by atoms with Gasteiger partial charge in [-0.05, 0) is 19.4 Å². The van der Waals surface area contributed by atoms with E-state index in [1.807, 2.05) is 12.1 Å². The van der Waals surface area contributed by atoms with Crippen molar-refractivity contribution in [1.29, 1.82) is 0 Å². The van der Waals surface area contributed by atoms with Crippen molar-refractivity contribution in [2.24, 2.45) is 0 Å². The van der Waals surface area contributed by atoms with Crippen LogP contribution in [-0.4, -0.2) is 38.2 Å². The molecule has 0 amide bonds. The van der Waals surface area contributed by atoms with E-state index < -0.39 is 0 Å². The van der Waals surface area contributed by atoms with Crippen molar-refractivity contribution < 1.29 is 4.74 Å². The average Bonchev–Trinajstić information content (AvgIpc) is 2.45. The monoisotopic (exact) mass is 260 g/mol. The predicted octanol–water partition coefficient (Wildman–Crippen LogP) is 2.61. The zero-order chi connectivity index (χ0) is 13.7. The lowest BCUT2D eigenvalue weighted by molar-refractivity contribution is 0.169. The van der Waals surface area contributed by atoms with E-state index >= 15 is 0 Å². The van der Waals surface area contributed by atoms with Gasteiger partial charge in [0.25, 0.3) is 0 Å². The van der Waals surface area contributed by atoms with Crippen LogP contribution in [0.3, 0.4) is 0 Å². The molecule has 0 saturated carbocycles. The van der Waals surface area contributed by atoms with E-state index in [1.54, 1.807) is 7.11 Å². The molecule has 19 heavy (non-hydrogen) atoms. The summed E-state index contributed by atoms with van der Waals surface area (Å²) in [6, 6.07) is 8.71. The summed E-state index contributed by atoms with van der Waals surface area (Å²) in [6.07, 6.45) is 0.986. The van der Waals surface area contributed by atoms with E-state index in [-0.39, 0.29) is 0 Å². The lowest BCUT2D eigenvalue weighted by Gasteiger charge is -2.36. The van der Waals surface area contributed by atoms with Gasteiger partial charge in [-0.15, -0.1) is 6.58 Å². The maximum atomic E-state index is 5.53. The van der Waals surface area contributed by atoms with E-state index in [2.05, 4.69) is 35.9 Å². The molecular formula is C16H24N2O. The second-order valence-electron chi connectivity index (χ2n) is 5.20. The topological polar surface area (TPSA) is 24.5 Å². The van der Waals surface area contributed by atoms with Crippen LogP contribution in [0.15, 0.2) is 36.4 Å². The SMILES string of the molecule is C=C(C)C[C@@H](c1ccccc1OC)N1CCNCC1. The zero-order valence-corrected chi connectivity index (χ0v) is 12.0. The van der Waals surface area contributed by atoms with Crippen molar-refractivity contribution in [3.8, 4) is 5.75 Å². The summed E-state index contributed by atoms with van der Waals surface area (Å²) in [5.41, 5.74) is 2.49. The molecule has 1 aromatic carbocycles. The molecular weight excluding hydrogens is 236 g/mol. The third-order valence-corrected chi connectivity index (χ3v) is 3.63. The molecule has 0 spiro atoms.